The third-order valence-electron chi connectivity index (χ3n) is 13.6. The second kappa shape index (κ2) is 9.71. The van der Waals surface area contributed by atoms with Gasteiger partial charge in [0.15, 0.2) is 23.8 Å². The highest BCUT2D eigenvalue weighted by molar-refractivity contribution is 5.14. The van der Waals surface area contributed by atoms with Crippen LogP contribution in [-0.2, 0) is 38.5 Å². The molecule has 2 saturated carbocycles. The van der Waals surface area contributed by atoms with E-state index >= 15 is 0 Å². The highest BCUT2D eigenvalue weighted by Crippen LogP contribution is 2.63. The molecule has 0 radical (unpaired) electrons. The molecular weight excluding hydrogens is 536 g/mol. The van der Waals surface area contributed by atoms with Crippen molar-refractivity contribution in [3.8, 4) is 0 Å². The van der Waals surface area contributed by atoms with E-state index in [1.165, 1.54) is 18.4 Å². The number of rotatable bonds is 4. The van der Waals surface area contributed by atoms with Gasteiger partial charge in [-0.25, -0.2) is 19.6 Å². The summed E-state index contributed by atoms with van der Waals surface area (Å²) in [6, 6.07) is 0. The molecule has 4 bridgehead atoms. The predicted molar refractivity (Wildman–Crippen MR) is 152 cm³/mol. The van der Waals surface area contributed by atoms with E-state index in [9.17, 15) is 0 Å². The van der Waals surface area contributed by atoms with E-state index in [0.717, 1.165) is 51.4 Å². The van der Waals surface area contributed by atoms with Crippen LogP contribution in [-0.4, -0.2) is 47.6 Å². The van der Waals surface area contributed by atoms with Crippen molar-refractivity contribution < 1.29 is 38.5 Å². The van der Waals surface area contributed by atoms with E-state index in [1.807, 2.05) is 13.8 Å². The van der Waals surface area contributed by atoms with Crippen LogP contribution in [0.1, 0.15) is 106 Å². The Labute approximate surface area is 251 Å². The third-order valence-corrected chi connectivity index (χ3v) is 13.6. The van der Waals surface area contributed by atoms with Gasteiger partial charge in [0.2, 0.25) is 11.6 Å². The Bertz CT molecular complexity index is 1020. The number of fused-ring (bicyclic) bond motifs is 4. The molecule has 8 heteroatoms. The molecule has 42 heavy (non-hydrogen) atoms. The van der Waals surface area contributed by atoms with Crippen LogP contribution in [0.2, 0.25) is 0 Å². The summed E-state index contributed by atoms with van der Waals surface area (Å²) in [5.41, 5.74) is 0.119. The van der Waals surface area contributed by atoms with Crippen molar-refractivity contribution in [3.63, 3.8) is 0 Å². The second-order valence-corrected chi connectivity index (χ2v) is 16.0. The fourth-order valence-corrected chi connectivity index (χ4v) is 11.1. The minimum absolute atomic E-state index is 0.0182. The van der Waals surface area contributed by atoms with Gasteiger partial charge in [0.25, 0.3) is 0 Å². The normalized spacial score (nSPS) is 59.8. The average Bonchev–Trinajstić information content (AvgIpc) is 3.32. The van der Waals surface area contributed by atoms with Crippen LogP contribution < -0.4 is 0 Å². The standard InChI is InChI=1S/C34H52O8/c1-18(16-27-21(4)25-10-8-19(2)23-12-14-31(6)37-29(35-27)33(23,25)41-39-31)17-28-22(5)26-11-9-20(3)24-13-15-32(7)38-30(36-28)34(24,26)42-40-32/h19-30H,1,8-17H2,2-7H3/t19-,20-,21-,22-,23+,24+,25+,26+,27?,28?,29-,30-,31+,32+,33-,34-/m1/s1. The fourth-order valence-electron chi connectivity index (χ4n) is 11.1. The molecule has 16 atom stereocenters. The first-order chi connectivity index (χ1) is 20.0. The zero-order valence-corrected chi connectivity index (χ0v) is 26.5. The van der Waals surface area contributed by atoms with E-state index in [1.54, 1.807) is 0 Å². The number of hydrogen-bond acceptors (Lipinski definition) is 8. The van der Waals surface area contributed by atoms with Crippen molar-refractivity contribution in [1.29, 1.82) is 0 Å². The van der Waals surface area contributed by atoms with Crippen LogP contribution >= 0.6 is 0 Å². The van der Waals surface area contributed by atoms with Gasteiger partial charge in [0.1, 0.15) is 0 Å². The molecule has 8 nitrogen and oxygen atoms in total. The van der Waals surface area contributed by atoms with Crippen molar-refractivity contribution >= 4 is 0 Å². The summed E-state index contributed by atoms with van der Waals surface area (Å²) in [4.78, 5) is 24.7. The Morgan fingerprint density at radius 3 is 1.45 bits per heavy atom. The molecule has 8 aliphatic heterocycles. The van der Waals surface area contributed by atoms with Crippen LogP contribution in [0.15, 0.2) is 12.2 Å². The van der Waals surface area contributed by atoms with E-state index < -0.39 is 35.4 Å². The molecule has 0 aromatic rings. The largest absolute Gasteiger partial charge is 0.346 e. The zero-order valence-electron chi connectivity index (χ0n) is 26.5. The molecule has 2 unspecified atom stereocenters. The third kappa shape index (κ3) is 3.95. The van der Waals surface area contributed by atoms with E-state index in [0.29, 0.717) is 47.3 Å². The monoisotopic (exact) mass is 588 g/mol. The van der Waals surface area contributed by atoms with Gasteiger partial charge in [-0.05, 0) is 101 Å². The lowest BCUT2D eigenvalue weighted by Gasteiger charge is -2.61. The van der Waals surface area contributed by atoms with Gasteiger partial charge < -0.3 is 18.9 Å². The minimum atomic E-state index is -0.753. The lowest BCUT2D eigenvalue weighted by atomic mass is 9.57. The van der Waals surface area contributed by atoms with Gasteiger partial charge in [0.05, 0.1) is 12.2 Å². The van der Waals surface area contributed by atoms with Crippen molar-refractivity contribution in [2.75, 3.05) is 0 Å². The Kier molecular flexibility index (Phi) is 6.67. The minimum Gasteiger partial charge on any atom is -0.346 e. The molecule has 236 valence electrons. The molecular formula is C34H52O8. The van der Waals surface area contributed by atoms with Crippen LogP contribution in [0, 0.1) is 47.3 Å². The van der Waals surface area contributed by atoms with Gasteiger partial charge in [-0.2, -0.15) is 0 Å². The Balaban J connectivity index is 1.01. The number of hydrogen-bond donors (Lipinski definition) is 0. The SMILES string of the molecule is C=C(CC1O[C@@H]2O[C@]3(C)CC[C@H]4[C@H](C)CC[C@@H]([C@H]1C)[C@@]24OO3)CC1O[C@@H]2O[C@]3(C)CC[C@H]4[C@H](C)CC[C@@H]([C@H]1C)[C@@]24OO3. The van der Waals surface area contributed by atoms with Crippen molar-refractivity contribution in [2.24, 2.45) is 47.3 Å². The average molecular weight is 589 g/mol. The Morgan fingerprint density at radius 2 is 1.02 bits per heavy atom. The van der Waals surface area contributed by atoms with E-state index in [-0.39, 0.29) is 12.2 Å². The van der Waals surface area contributed by atoms with Crippen LogP contribution in [0.3, 0.4) is 0 Å². The second-order valence-electron chi connectivity index (χ2n) is 16.0. The molecule has 8 saturated heterocycles. The molecule has 2 spiro atoms. The molecule has 0 amide bonds. The molecule has 0 aromatic heterocycles. The summed E-state index contributed by atoms with van der Waals surface area (Å²) in [6.07, 6.45) is 9.19. The zero-order chi connectivity index (χ0) is 29.2. The highest BCUT2D eigenvalue weighted by atomic mass is 17.3. The van der Waals surface area contributed by atoms with Crippen molar-refractivity contribution in [3.05, 3.63) is 12.2 Å². The van der Waals surface area contributed by atoms with Crippen molar-refractivity contribution in [1.82, 2.24) is 0 Å². The maximum atomic E-state index is 6.89. The van der Waals surface area contributed by atoms with Gasteiger partial charge in [-0.15, -0.1) is 0 Å². The van der Waals surface area contributed by atoms with Gasteiger partial charge in [-0.3, -0.25) is 0 Å². The quantitative estimate of drug-likeness (QED) is 0.262. The molecule has 8 heterocycles. The molecule has 2 aliphatic carbocycles. The van der Waals surface area contributed by atoms with Gasteiger partial charge >= 0.3 is 0 Å². The smallest absolute Gasteiger partial charge is 0.201 e. The van der Waals surface area contributed by atoms with Crippen LogP contribution in [0.5, 0.6) is 0 Å². The summed E-state index contributed by atoms with van der Waals surface area (Å²) in [5.74, 6) is 1.66. The van der Waals surface area contributed by atoms with Gasteiger partial charge in [0, 0.05) is 24.7 Å². The maximum absolute atomic E-state index is 6.89. The molecule has 10 aliphatic rings. The first-order valence-corrected chi connectivity index (χ1v) is 17.0. The summed E-state index contributed by atoms with van der Waals surface area (Å²) in [7, 11) is 0. The summed E-state index contributed by atoms with van der Waals surface area (Å²) in [5, 5.41) is 0. The first kappa shape index (κ1) is 28.9. The van der Waals surface area contributed by atoms with E-state index in [4.69, 9.17) is 38.5 Å². The Morgan fingerprint density at radius 1 is 0.595 bits per heavy atom. The molecule has 0 aromatic carbocycles. The van der Waals surface area contributed by atoms with Crippen molar-refractivity contribution in [2.45, 2.75) is 153 Å². The molecule has 10 fully saturated rings. The number of ether oxygens (including phenoxy) is 4. The highest BCUT2D eigenvalue weighted by Gasteiger charge is 2.71. The van der Waals surface area contributed by atoms with Crippen LogP contribution in [0.25, 0.3) is 0 Å². The topological polar surface area (TPSA) is 73.8 Å². The van der Waals surface area contributed by atoms with Gasteiger partial charge in [-0.1, -0.05) is 39.8 Å². The summed E-state index contributed by atoms with van der Waals surface area (Å²) >= 11 is 0. The lowest BCUT2D eigenvalue weighted by Crippen LogP contribution is -2.70. The lowest BCUT2D eigenvalue weighted by molar-refractivity contribution is -0.571. The predicted octanol–water partition coefficient (Wildman–Crippen LogP) is 6.82. The molecule has 0 N–H and O–H groups in total. The summed E-state index contributed by atoms with van der Waals surface area (Å²) in [6.45, 7) is 18.0. The molecule has 10 rings (SSSR count). The van der Waals surface area contributed by atoms with Crippen LogP contribution in [0.4, 0.5) is 0 Å². The summed E-state index contributed by atoms with van der Waals surface area (Å²) < 4.78 is 27.0. The fraction of sp³-hybridized carbons (Fsp3) is 0.941. The Hall–Kier alpha value is -0.580. The maximum Gasteiger partial charge on any atom is 0.201 e. The van der Waals surface area contributed by atoms with E-state index in [2.05, 4.69) is 34.3 Å². The first-order valence-electron chi connectivity index (χ1n) is 17.0.